The van der Waals surface area contributed by atoms with Gasteiger partial charge in [-0.3, -0.25) is 0 Å². The minimum absolute atomic E-state index is 0.0237. The van der Waals surface area contributed by atoms with Crippen molar-refractivity contribution in [2.75, 3.05) is 9.80 Å². The van der Waals surface area contributed by atoms with Crippen LogP contribution in [0.3, 0.4) is 0 Å². The molecule has 5 heterocycles. The Kier molecular flexibility index (Phi) is 8.35. The van der Waals surface area contributed by atoms with E-state index in [1.165, 1.54) is 112 Å². The molecule has 6 aliphatic rings. The van der Waals surface area contributed by atoms with Crippen molar-refractivity contribution in [3.8, 4) is 11.1 Å². The molecule has 6 bridgehead atoms. The van der Waals surface area contributed by atoms with E-state index in [-0.39, 0.29) is 39.2 Å². The topological polar surface area (TPSA) is 19.6 Å². The standard InChI is InChI=1S/C62H67BN2O/c1-36-30-50-53-51(31-36)65-48-25-21-40(58(5,6)7)33-43(48)38-18-24-42-37(32-38)16-15-17-44(42)62(14)29-28-59(8,9)45-34-47(49(65)35-46(45)62)63(53)56-54(52-55(66-56)61(12,13)27-26-60(52,10)11)64(50)41-22-19-39(20-23-41)57(2,3)4/h15-25,30-35H,26-29H2,1-14H3. The summed E-state index contributed by atoms with van der Waals surface area (Å²) in [5.41, 5.74) is 23.1. The quantitative estimate of drug-likeness (QED) is 0.153. The molecule has 13 rings (SSSR count). The zero-order chi connectivity index (χ0) is 46.4. The fraction of sp³-hybridized carbons (Fsp3) is 0.387. The Bertz CT molecular complexity index is 3240. The van der Waals surface area contributed by atoms with Crippen LogP contribution in [-0.4, -0.2) is 6.71 Å². The molecule has 0 saturated heterocycles. The smallest absolute Gasteiger partial charge is 0.297 e. The molecule has 0 fully saturated rings. The average Bonchev–Trinajstić information content (AvgIpc) is 3.68. The average molecular weight is 867 g/mol. The van der Waals surface area contributed by atoms with Gasteiger partial charge in [0.1, 0.15) is 5.76 Å². The summed E-state index contributed by atoms with van der Waals surface area (Å²) >= 11 is 0. The third kappa shape index (κ3) is 5.69. The van der Waals surface area contributed by atoms with Gasteiger partial charge in [-0.15, -0.1) is 0 Å². The highest BCUT2D eigenvalue weighted by atomic mass is 16.3. The first-order valence-electron chi connectivity index (χ1n) is 24.9. The molecule has 0 N–H and O–H groups in total. The van der Waals surface area contributed by atoms with Crippen LogP contribution in [0, 0.1) is 6.92 Å². The van der Waals surface area contributed by atoms with Gasteiger partial charge in [-0.05, 0) is 163 Å². The van der Waals surface area contributed by atoms with E-state index in [2.05, 4.69) is 210 Å². The minimum Gasteiger partial charge on any atom is -0.472 e. The second-order valence-electron chi connectivity index (χ2n) is 25.3. The van der Waals surface area contributed by atoms with E-state index in [1.807, 2.05) is 0 Å². The van der Waals surface area contributed by atoms with Crippen molar-refractivity contribution in [3.63, 3.8) is 0 Å². The fourth-order valence-corrected chi connectivity index (χ4v) is 13.1. The third-order valence-corrected chi connectivity index (χ3v) is 17.3. The summed E-state index contributed by atoms with van der Waals surface area (Å²) in [5, 5.41) is 2.67. The monoisotopic (exact) mass is 867 g/mol. The van der Waals surface area contributed by atoms with E-state index < -0.39 is 0 Å². The van der Waals surface area contributed by atoms with E-state index >= 15 is 0 Å². The second-order valence-corrected chi connectivity index (χ2v) is 25.3. The molecule has 1 atom stereocenters. The lowest BCUT2D eigenvalue weighted by molar-refractivity contribution is 0.282. The molecule has 7 aromatic rings. The van der Waals surface area contributed by atoms with E-state index in [1.54, 1.807) is 0 Å². The van der Waals surface area contributed by atoms with Crippen LogP contribution in [0.5, 0.6) is 0 Å². The molecule has 1 unspecified atom stereocenters. The molecule has 6 aromatic carbocycles. The van der Waals surface area contributed by atoms with Crippen molar-refractivity contribution in [3.05, 3.63) is 148 Å². The molecule has 2 aliphatic carbocycles. The van der Waals surface area contributed by atoms with Crippen molar-refractivity contribution >= 4 is 68.2 Å². The Morgan fingerprint density at radius 3 is 1.94 bits per heavy atom. The lowest BCUT2D eigenvalue weighted by Crippen LogP contribution is -2.61. The maximum Gasteiger partial charge on any atom is 0.297 e. The van der Waals surface area contributed by atoms with Gasteiger partial charge in [0.2, 0.25) is 0 Å². The first-order valence-corrected chi connectivity index (χ1v) is 24.9. The molecular weight excluding hydrogens is 800 g/mol. The van der Waals surface area contributed by atoms with Crippen LogP contribution >= 0.6 is 0 Å². The lowest BCUT2D eigenvalue weighted by Gasteiger charge is -2.48. The highest BCUT2D eigenvalue weighted by Gasteiger charge is 2.54. The lowest BCUT2D eigenvalue weighted by atomic mass is 9.35. The summed E-state index contributed by atoms with van der Waals surface area (Å²) in [4.78, 5) is 5.31. The first kappa shape index (κ1) is 41.9. The number of furan rings is 1. The number of nitrogens with zero attached hydrogens (tertiary/aromatic N) is 2. The summed E-state index contributed by atoms with van der Waals surface area (Å²) in [7, 11) is 0. The van der Waals surface area contributed by atoms with Crippen LogP contribution in [0.25, 0.3) is 21.9 Å². The zero-order valence-corrected chi connectivity index (χ0v) is 42.0. The highest BCUT2D eigenvalue weighted by molar-refractivity contribution is 6.99. The number of benzene rings is 6. The highest BCUT2D eigenvalue weighted by Crippen LogP contribution is 2.58. The van der Waals surface area contributed by atoms with E-state index in [4.69, 9.17) is 4.42 Å². The zero-order valence-electron chi connectivity index (χ0n) is 42.0. The summed E-state index contributed by atoms with van der Waals surface area (Å²) < 4.78 is 7.76. The number of hydrogen-bond donors (Lipinski definition) is 0. The van der Waals surface area contributed by atoms with Gasteiger partial charge in [0.15, 0.2) is 0 Å². The molecule has 0 saturated carbocycles. The Hall–Kier alpha value is -5.48. The molecule has 334 valence electrons. The molecule has 3 nitrogen and oxygen atoms in total. The normalized spacial score (nSPS) is 20.4. The molecule has 0 radical (unpaired) electrons. The van der Waals surface area contributed by atoms with Gasteiger partial charge < -0.3 is 14.2 Å². The van der Waals surface area contributed by atoms with Crippen molar-refractivity contribution in [1.29, 1.82) is 0 Å². The van der Waals surface area contributed by atoms with Gasteiger partial charge >= 0.3 is 0 Å². The van der Waals surface area contributed by atoms with Crippen LogP contribution in [-0.2, 0) is 32.5 Å². The van der Waals surface area contributed by atoms with Crippen LogP contribution in [0.1, 0.15) is 160 Å². The van der Waals surface area contributed by atoms with Crippen molar-refractivity contribution in [1.82, 2.24) is 0 Å². The molecule has 66 heavy (non-hydrogen) atoms. The molecule has 4 heteroatoms. The van der Waals surface area contributed by atoms with E-state index in [0.29, 0.717) is 0 Å². The SMILES string of the molecule is Cc1cc2c3c(c1)N(c1ccc(C(C)(C)C)cc1)c1c(oc4c1C(C)(C)CCC4(C)C)B3c1cc3c4cc1N2c1ccc(C(C)(C)C)cc1-c1ccc2c(cccc2c1)C4(C)CCC3(C)C. The minimum atomic E-state index is -0.186. The molecule has 0 spiro atoms. The predicted octanol–water partition coefficient (Wildman–Crippen LogP) is 15.1. The predicted molar refractivity (Wildman–Crippen MR) is 282 cm³/mol. The van der Waals surface area contributed by atoms with Crippen LogP contribution in [0.15, 0.2) is 108 Å². The number of aryl methyl sites for hydroxylation is 1. The van der Waals surface area contributed by atoms with Crippen molar-refractivity contribution < 1.29 is 4.42 Å². The molecule has 4 aliphatic heterocycles. The van der Waals surface area contributed by atoms with Crippen molar-refractivity contribution in [2.45, 2.75) is 155 Å². The number of fused-ring (bicyclic) bond motifs is 6. The van der Waals surface area contributed by atoms with Crippen LogP contribution in [0.2, 0.25) is 0 Å². The number of hydrogen-bond acceptors (Lipinski definition) is 3. The largest absolute Gasteiger partial charge is 0.472 e. The van der Waals surface area contributed by atoms with Gasteiger partial charge in [0.25, 0.3) is 6.71 Å². The summed E-state index contributed by atoms with van der Waals surface area (Å²) in [5.74, 6) is 1.17. The molecule has 1 aromatic heterocycles. The Morgan fingerprint density at radius 1 is 0.561 bits per heavy atom. The van der Waals surface area contributed by atoms with Gasteiger partial charge in [0.05, 0.1) is 17.0 Å². The van der Waals surface area contributed by atoms with Crippen LogP contribution in [0.4, 0.5) is 34.1 Å². The van der Waals surface area contributed by atoms with E-state index in [9.17, 15) is 0 Å². The van der Waals surface area contributed by atoms with Gasteiger partial charge in [-0.1, -0.05) is 145 Å². The first-order chi connectivity index (χ1) is 31.0. The van der Waals surface area contributed by atoms with Crippen molar-refractivity contribution in [2.24, 2.45) is 0 Å². The summed E-state index contributed by atoms with van der Waals surface area (Å²) in [6, 6.07) is 41.5. The summed E-state index contributed by atoms with van der Waals surface area (Å²) in [6.07, 6.45) is 4.40. The summed E-state index contributed by atoms with van der Waals surface area (Å²) in [6.45, 7) is 33.5. The van der Waals surface area contributed by atoms with Gasteiger partial charge in [0, 0.05) is 44.7 Å². The maximum absolute atomic E-state index is 7.76. The fourth-order valence-electron chi connectivity index (χ4n) is 13.1. The molecule has 0 amide bonds. The Labute approximate surface area is 394 Å². The maximum atomic E-state index is 7.76. The van der Waals surface area contributed by atoms with Crippen LogP contribution < -0.4 is 26.4 Å². The third-order valence-electron chi connectivity index (χ3n) is 17.3. The van der Waals surface area contributed by atoms with E-state index in [0.717, 1.165) is 31.3 Å². The molecular formula is C62H67BN2O. The Balaban J connectivity index is 1.26. The number of anilines is 6. The van der Waals surface area contributed by atoms with Gasteiger partial charge in [-0.25, -0.2) is 0 Å². The van der Waals surface area contributed by atoms with Gasteiger partial charge in [-0.2, -0.15) is 0 Å². The number of rotatable bonds is 1. The second kappa shape index (κ2) is 13.1. The Morgan fingerprint density at radius 2 is 1.23 bits per heavy atom.